The third-order valence-corrected chi connectivity index (χ3v) is 4.62. The number of aryl methyl sites for hydroxylation is 1. The largest absolute Gasteiger partial charge is 0.416 e. The van der Waals surface area contributed by atoms with Gasteiger partial charge in [-0.1, -0.05) is 18.2 Å². The SMILES string of the molecule is Cn1cc([C@@H]2CN(Cc3ccccc3C(F)(F)F)C[C@H]2CO)cn1. The van der Waals surface area contributed by atoms with Gasteiger partial charge < -0.3 is 5.11 Å². The molecule has 130 valence electrons. The molecular weight excluding hydrogens is 319 g/mol. The van der Waals surface area contributed by atoms with Crippen molar-refractivity contribution in [1.82, 2.24) is 14.7 Å². The number of benzene rings is 1. The number of aliphatic hydroxyl groups excluding tert-OH is 1. The fourth-order valence-corrected chi connectivity index (χ4v) is 3.46. The first kappa shape index (κ1) is 17.0. The van der Waals surface area contributed by atoms with Crippen LogP contribution >= 0.6 is 0 Å². The lowest BCUT2D eigenvalue weighted by Crippen LogP contribution is -2.23. The van der Waals surface area contributed by atoms with E-state index in [1.165, 1.54) is 12.1 Å². The molecule has 24 heavy (non-hydrogen) atoms. The predicted octanol–water partition coefficient (Wildman–Crippen LogP) is 2.65. The number of nitrogens with zero attached hydrogens (tertiary/aromatic N) is 3. The summed E-state index contributed by atoms with van der Waals surface area (Å²) in [6.45, 7) is 1.42. The van der Waals surface area contributed by atoms with Gasteiger partial charge >= 0.3 is 6.18 Å². The molecule has 4 nitrogen and oxygen atoms in total. The van der Waals surface area contributed by atoms with Gasteiger partial charge in [-0.15, -0.1) is 0 Å². The number of hydrogen-bond acceptors (Lipinski definition) is 3. The van der Waals surface area contributed by atoms with Crippen molar-refractivity contribution >= 4 is 0 Å². The highest BCUT2D eigenvalue weighted by atomic mass is 19.4. The fraction of sp³-hybridized carbons (Fsp3) is 0.471. The summed E-state index contributed by atoms with van der Waals surface area (Å²) < 4.78 is 41.1. The zero-order valence-corrected chi connectivity index (χ0v) is 13.4. The number of aliphatic hydroxyl groups is 1. The van der Waals surface area contributed by atoms with Gasteiger partial charge in [0.1, 0.15) is 0 Å². The molecule has 0 unspecified atom stereocenters. The van der Waals surface area contributed by atoms with Crippen molar-refractivity contribution in [1.29, 1.82) is 0 Å². The maximum atomic E-state index is 13.1. The van der Waals surface area contributed by atoms with Crippen molar-refractivity contribution in [2.24, 2.45) is 13.0 Å². The molecule has 0 amide bonds. The van der Waals surface area contributed by atoms with E-state index >= 15 is 0 Å². The number of rotatable bonds is 4. The number of aromatic nitrogens is 2. The van der Waals surface area contributed by atoms with E-state index in [2.05, 4.69) is 5.10 Å². The summed E-state index contributed by atoms with van der Waals surface area (Å²) in [6.07, 6.45) is -0.684. The Morgan fingerprint density at radius 1 is 1.25 bits per heavy atom. The van der Waals surface area contributed by atoms with Crippen LogP contribution in [0.15, 0.2) is 36.7 Å². The van der Waals surface area contributed by atoms with Gasteiger partial charge in [-0.05, 0) is 17.2 Å². The van der Waals surface area contributed by atoms with Crippen LogP contribution in [0.3, 0.4) is 0 Å². The quantitative estimate of drug-likeness (QED) is 0.931. The maximum absolute atomic E-state index is 13.1. The summed E-state index contributed by atoms with van der Waals surface area (Å²) in [5, 5.41) is 13.8. The van der Waals surface area contributed by atoms with Crippen molar-refractivity contribution in [3.8, 4) is 0 Å². The standard InChI is InChI=1S/C17H20F3N3O/c1-22-7-13(6-21-22)15-10-23(9-14(15)11-24)8-12-4-2-3-5-16(12)17(18,19)20/h2-7,14-15,24H,8-11H2,1H3/t14-,15-/m0/s1. The Kier molecular flexibility index (Phi) is 4.64. The smallest absolute Gasteiger partial charge is 0.396 e. The fourth-order valence-electron chi connectivity index (χ4n) is 3.46. The molecule has 1 aromatic carbocycles. The van der Waals surface area contributed by atoms with Crippen LogP contribution in [-0.2, 0) is 19.8 Å². The summed E-state index contributed by atoms with van der Waals surface area (Å²) >= 11 is 0. The van der Waals surface area contributed by atoms with Crippen molar-refractivity contribution in [2.45, 2.75) is 18.6 Å². The Balaban J connectivity index is 1.78. The van der Waals surface area contributed by atoms with Gasteiger partial charge in [0.15, 0.2) is 0 Å². The van der Waals surface area contributed by atoms with Crippen molar-refractivity contribution in [2.75, 3.05) is 19.7 Å². The zero-order chi connectivity index (χ0) is 17.3. The molecule has 0 saturated carbocycles. The Morgan fingerprint density at radius 2 is 2.00 bits per heavy atom. The van der Waals surface area contributed by atoms with Gasteiger partial charge in [-0.25, -0.2) is 0 Å². The first-order valence-electron chi connectivity index (χ1n) is 7.85. The number of halogens is 3. The highest BCUT2D eigenvalue weighted by molar-refractivity contribution is 5.30. The number of hydrogen-bond donors (Lipinski definition) is 1. The summed E-state index contributed by atoms with van der Waals surface area (Å²) in [4.78, 5) is 1.98. The van der Waals surface area contributed by atoms with E-state index in [0.29, 0.717) is 13.1 Å². The molecule has 3 rings (SSSR count). The minimum absolute atomic E-state index is 0.00671. The van der Waals surface area contributed by atoms with Crippen LogP contribution in [0.5, 0.6) is 0 Å². The molecule has 2 heterocycles. The van der Waals surface area contributed by atoms with E-state index in [4.69, 9.17) is 0 Å². The lowest BCUT2D eigenvalue weighted by Gasteiger charge is -2.19. The molecule has 0 radical (unpaired) electrons. The molecule has 7 heteroatoms. The molecular formula is C17H20F3N3O. The van der Waals surface area contributed by atoms with Crippen LogP contribution in [0.25, 0.3) is 0 Å². The number of alkyl halides is 3. The molecule has 1 N–H and O–H groups in total. The third-order valence-electron chi connectivity index (χ3n) is 4.62. The Morgan fingerprint density at radius 3 is 2.62 bits per heavy atom. The minimum Gasteiger partial charge on any atom is -0.396 e. The predicted molar refractivity (Wildman–Crippen MR) is 83.2 cm³/mol. The summed E-state index contributed by atoms with van der Waals surface area (Å²) in [5.41, 5.74) is 0.701. The van der Waals surface area contributed by atoms with Crippen molar-refractivity contribution < 1.29 is 18.3 Å². The normalized spacial score (nSPS) is 22.2. The Labute approximate surface area is 138 Å². The molecule has 2 aromatic rings. The minimum atomic E-state index is -4.35. The van der Waals surface area contributed by atoms with Crippen LogP contribution in [0.2, 0.25) is 0 Å². The molecule has 1 saturated heterocycles. The van der Waals surface area contributed by atoms with Crippen LogP contribution in [0, 0.1) is 5.92 Å². The highest BCUT2D eigenvalue weighted by Crippen LogP contribution is 2.36. The lowest BCUT2D eigenvalue weighted by molar-refractivity contribution is -0.138. The molecule has 1 aromatic heterocycles. The molecule has 0 bridgehead atoms. The molecule has 0 spiro atoms. The average molecular weight is 339 g/mol. The summed E-state index contributed by atoms with van der Waals surface area (Å²) in [6, 6.07) is 5.68. The Hall–Kier alpha value is -1.86. The van der Waals surface area contributed by atoms with Gasteiger partial charge in [-0.2, -0.15) is 18.3 Å². The first-order chi connectivity index (χ1) is 11.4. The van der Waals surface area contributed by atoms with E-state index in [0.717, 1.165) is 11.6 Å². The topological polar surface area (TPSA) is 41.3 Å². The monoisotopic (exact) mass is 339 g/mol. The van der Waals surface area contributed by atoms with E-state index in [9.17, 15) is 18.3 Å². The number of likely N-dealkylation sites (tertiary alicyclic amines) is 1. The van der Waals surface area contributed by atoms with Crippen LogP contribution in [-0.4, -0.2) is 39.5 Å². The van der Waals surface area contributed by atoms with E-state index in [-0.39, 0.29) is 30.6 Å². The van der Waals surface area contributed by atoms with E-state index < -0.39 is 11.7 Å². The van der Waals surface area contributed by atoms with Gasteiger partial charge in [-0.3, -0.25) is 9.58 Å². The van der Waals surface area contributed by atoms with Crippen molar-refractivity contribution in [3.05, 3.63) is 53.3 Å². The molecule has 2 atom stereocenters. The van der Waals surface area contributed by atoms with Gasteiger partial charge in [0.05, 0.1) is 11.8 Å². The molecule has 1 aliphatic heterocycles. The molecule has 1 fully saturated rings. The van der Waals surface area contributed by atoms with Gasteiger partial charge in [0.25, 0.3) is 0 Å². The molecule has 1 aliphatic rings. The third kappa shape index (κ3) is 3.47. The van der Waals surface area contributed by atoms with E-state index in [1.54, 1.807) is 16.9 Å². The van der Waals surface area contributed by atoms with Gasteiger partial charge in [0, 0.05) is 51.3 Å². The second-order valence-corrected chi connectivity index (χ2v) is 6.35. The highest BCUT2D eigenvalue weighted by Gasteiger charge is 2.37. The van der Waals surface area contributed by atoms with E-state index in [1.807, 2.05) is 18.1 Å². The van der Waals surface area contributed by atoms with Crippen LogP contribution < -0.4 is 0 Å². The lowest BCUT2D eigenvalue weighted by atomic mass is 9.92. The first-order valence-corrected chi connectivity index (χ1v) is 7.85. The van der Waals surface area contributed by atoms with Crippen LogP contribution in [0.4, 0.5) is 13.2 Å². The average Bonchev–Trinajstić information content (AvgIpc) is 3.12. The Bertz CT molecular complexity index is 698. The second-order valence-electron chi connectivity index (χ2n) is 6.35. The van der Waals surface area contributed by atoms with Crippen LogP contribution in [0.1, 0.15) is 22.6 Å². The van der Waals surface area contributed by atoms with Gasteiger partial charge in [0.2, 0.25) is 0 Å². The summed E-state index contributed by atoms with van der Waals surface area (Å²) in [5.74, 6) is 0.0917. The maximum Gasteiger partial charge on any atom is 0.416 e. The summed E-state index contributed by atoms with van der Waals surface area (Å²) in [7, 11) is 1.82. The second kappa shape index (κ2) is 6.57. The molecule has 0 aliphatic carbocycles. The van der Waals surface area contributed by atoms with Crippen molar-refractivity contribution in [3.63, 3.8) is 0 Å². The zero-order valence-electron chi connectivity index (χ0n) is 13.4.